The van der Waals surface area contributed by atoms with E-state index in [2.05, 4.69) is 9.88 Å². The first-order valence-corrected chi connectivity index (χ1v) is 5.31. The van der Waals surface area contributed by atoms with Crippen LogP contribution in [0.1, 0.15) is 18.5 Å². The third-order valence-corrected chi connectivity index (χ3v) is 2.63. The molecule has 1 aliphatic heterocycles. The molecule has 1 atom stereocenters. The zero-order chi connectivity index (χ0) is 10.7. The maximum atomic E-state index is 5.77. The van der Waals surface area contributed by atoms with Gasteiger partial charge in [-0.25, -0.2) is 4.98 Å². The third kappa shape index (κ3) is 2.46. The highest BCUT2D eigenvalue weighted by molar-refractivity contribution is 5.40. The quantitative estimate of drug-likeness (QED) is 0.784. The van der Waals surface area contributed by atoms with Crippen LogP contribution in [0.4, 0.5) is 5.82 Å². The van der Waals surface area contributed by atoms with Gasteiger partial charge in [0.1, 0.15) is 5.82 Å². The lowest BCUT2D eigenvalue weighted by atomic mass is 10.1. The number of aromatic nitrogens is 1. The molecule has 0 bridgehead atoms. The monoisotopic (exact) mass is 207 g/mol. The Kier molecular flexibility index (Phi) is 3.18. The van der Waals surface area contributed by atoms with E-state index in [9.17, 15) is 0 Å². The van der Waals surface area contributed by atoms with Crippen LogP contribution >= 0.6 is 0 Å². The van der Waals surface area contributed by atoms with Crippen molar-refractivity contribution in [2.24, 2.45) is 5.73 Å². The van der Waals surface area contributed by atoms with Crippen LogP contribution in [-0.2, 0) is 4.74 Å². The largest absolute Gasteiger partial charge is 0.378 e. The zero-order valence-corrected chi connectivity index (χ0v) is 9.02. The molecule has 0 spiro atoms. The van der Waals surface area contributed by atoms with Crippen molar-refractivity contribution in [1.82, 2.24) is 4.98 Å². The number of morpholine rings is 1. The molecule has 2 N–H and O–H groups in total. The van der Waals surface area contributed by atoms with Gasteiger partial charge in [-0.1, -0.05) is 6.07 Å². The van der Waals surface area contributed by atoms with Crippen molar-refractivity contribution in [3.8, 4) is 0 Å². The predicted octanol–water partition coefficient (Wildman–Crippen LogP) is 0.938. The number of hydrogen-bond donors (Lipinski definition) is 1. The minimum Gasteiger partial charge on any atom is -0.378 e. The highest BCUT2D eigenvalue weighted by atomic mass is 16.5. The minimum atomic E-state index is 0.0521. The van der Waals surface area contributed by atoms with E-state index >= 15 is 0 Å². The average molecular weight is 207 g/mol. The normalized spacial score (nSPS) is 18.9. The van der Waals surface area contributed by atoms with Crippen LogP contribution in [0.2, 0.25) is 0 Å². The molecule has 1 aromatic rings. The van der Waals surface area contributed by atoms with Gasteiger partial charge in [0, 0.05) is 25.3 Å². The summed E-state index contributed by atoms with van der Waals surface area (Å²) in [6.07, 6.45) is 1.86. The molecule has 1 saturated heterocycles. The lowest BCUT2D eigenvalue weighted by Crippen LogP contribution is -2.36. The molecule has 1 unspecified atom stereocenters. The second-order valence-electron chi connectivity index (χ2n) is 3.84. The molecule has 1 fully saturated rings. The summed E-state index contributed by atoms with van der Waals surface area (Å²) >= 11 is 0. The topological polar surface area (TPSA) is 51.4 Å². The summed E-state index contributed by atoms with van der Waals surface area (Å²) in [6, 6.07) is 4.13. The third-order valence-electron chi connectivity index (χ3n) is 2.63. The number of hydrogen-bond acceptors (Lipinski definition) is 4. The molecule has 0 saturated carbocycles. The van der Waals surface area contributed by atoms with Gasteiger partial charge in [-0.05, 0) is 18.6 Å². The number of anilines is 1. The van der Waals surface area contributed by atoms with Crippen LogP contribution in [0.5, 0.6) is 0 Å². The Bertz CT molecular complexity index is 304. The minimum absolute atomic E-state index is 0.0521. The standard InChI is InChI=1S/C11H17N3O/c1-9(12)10-2-3-11(13-8-10)14-4-6-15-7-5-14/h2-3,8-9H,4-7,12H2,1H3. The summed E-state index contributed by atoms with van der Waals surface area (Å²) in [5, 5.41) is 0. The van der Waals surface area contributed by atoms with Gasteiger partial charge in [0.15, 0.2) is 0 Å². The summed E-state index contributed by atoms with van der Waals surface area (Å²) in [5.74, 6) is 1.02. The van der Waals surface area contributed by atoms with Crippen molar-refractivity contribution in [3.63, 3.8) is 0 Å². The maximum absolute atomic E-state index is 5.77. The van der Waals surface area contributed by atoms with Crippen LogP contribution < -0.4 is 10.6 Å². The number of rotatable bonds is 2. The molecule has 0 aromatic carbocycles. The van der Waals surface area contributed by atoms with Gasteiger partial charge in [0.05, 0.1) is 13.2 Å². The number of nitrogens with two attached hydrogens (primary N) is 1. The van der Waals surface area contributed by atoms with Gasteiger partial charge < -0.3 is 15.4 Å². The second-order valence-corrected chi connectivity index (χ2v) is 3.84. The molecular formula is C11H17N3O. The fraction of sp³-hybridized carbons (Fsp3) is 0.545. The first-order valence-electron chi connectivity index (χ1n) is 5.31. The van der Waals surface area contributed by atoms with E-state index in [1.54, 1.807) is 0 Å². The lowest BCUT2D eigenvalue weighted by Gasteiger charge is -2.27. The van der Waals surface area contributed by atoms with Gasteiger partial charge in [0.2, 0.25) is 0 Å². The van der Waals surface area contributed by atoms with E-state index in [4.69, 9.17) is 10.5 Å². The Balaban J connectivity index is 2.08. The van der Waals surface area contributed by atoms with E-state index in [1.165, 1.54) is 0 Å². The fourth-order valence-electron chi connectivity index (χ4n) is 1.65. The zero-order valence-electron chi connectivity index (χ0n) is 9.02. The van der Waals surface area contributed by atoms with E-state index in [0.29, 0.717) is 0 Å². The number of pyridine rings is 1. The summed E-state index contributed by atoms with van der Waals surface area (Å²) in [4.78, 5) is 6.64. The highest BCUT2D eigenvalue weighted by Gasteiger charge is 2.12. The molecule has 1 aromatic heterocycles. The molecule has 0 aliphatic carbocycles. The summed E-state index contributed by atoms with van der Waals surface area (Å²) in [5.41, 5.74) is 6.84. The summed E-state index contributed by atoms with van der Waals surface area (Å²) in [7, 11) is 0. The lowest BCUT2D eigenvalue weighted by molar-refractivity contribution is 0.122. The van der Waals surface area contributed by atoms with Gasteiger partial charge in [-0.2, -0.15) is 0 Å². The first-order chi connectivity index (χ1) is 7.27. The highest BCUT2D eigenvalue weighted by Crippen LogP contribution is 2.15. The molecule has 0 amide bonds. The first kappa shape index (κ1) is 10.4. The number of nitrogens with zero attached hydrogens (tertiary/aromatic N) is 2. The van der Waals surface area contributed by atoms with Crippen LogP contribution in [0.15, 0.2) is 18.3 Å². The Labute approximate surface area is 90.0 Å². The Hall–Kier alpha value is -1.13. The van der Waals surface area contributed by atoms with Gasteiger partial charge in [-0.3, -0.25) is 0 Å². The molecular weight excluding hydrogens is 190 g/mol. The van der Waals surface area contributed by atoms with Crippen molar-refractivity contribution >= 4 is 5.82 Å². The van der Waals surface area contributed by atoms with Crippen molar-refractivity contribution < 1.29 is 4.74 Å². The van der Waals surface area contributed by atoms with E-state index in [0.717, 1.165) is 37.7 Å². The van der Waals surface area contributed by atoms with Crippen LogP contribution in [0.25, 0.3) is 0 Å². The summed E-state index contributed by atoms with van der Waals surface area (Å²) < 4.78 is 5.29. The van der Waals surface area contributed by atoms with Crippen molar-refractivity contribution in [2.75, 3.05) is 31.2 Å². The average Bonchev–Trinajstić information content (AvgIpc) is 2.30. The van der Waals surface area contributed by atoms with Gasteiger partial charge in [-0.15, -0.1) is 0 Å². The Morgan fingerprint density at radius 2 is 2.13 bits per heavy atom. The molecule has 4 nitrogen and oxygen atoms in total. The van der Waals surface area contributed by atoms with E-state index in [1.807, 2.05) is 25.3 Å². The van der Waals surface area contributed by atoms with Crippen molar-refractivity contribution in [3.05, 3.63) is 23.9 Å². The molecule has 4 heteroatoms. The molecule has 15 heavy (non-hydrogen) atoms. The predicted molar refractivity (Wildman–Crippen MR) is 59.9 cm³/mol. The second kappa shape index (κ2) is 4.59. The molecule has 2 heterocycles. The molecule has 1 aliphatic rings. The van der Waals surface area contributed by atoms with Gasteiger partial charge in [0.25, 0.3) is 0 Å². The van der Waals surface area contributed by atoms with Crippen molar-refractivity contribution in [2.45, 2.75) is 13.0 Å². The molecule has 0 radical (unpaired) electrons. The molecule has 82 valence electrons. The molecule has 2 rings (SSSR count). The van der Waals surface area contributed by atoms with Crippen LogP contribution in [0.3, 0.4) is 0 Å². The Morgan fingerprint density at radius 1 is 1.40 bits per heavy atom. The van der Waals surface area contributed by atoms with E-state index in [-0.39, 0.29) is 6.04 Å². The van der Waals surface area contributed by atoms with Gasteiger partial charge >= 0.3 is 0 Å². The maximum Gasteiger partial charge on any atom is 0.128 e. The Morgan fingerprint density at radius 3 is 2.67 bits per heavy atom. The fourth-order valence-corrected chi connectivity index (χ4v) is 1.65. The van der Waals surface area contributed by atoms with Crippen LogP contribution in [-0.4, -0.2) is 31.3 Å². The van der Waals surface area contributed by atoms with Crippen LogP contribution in [0, 0.1) is 0 Å². The van der Waals surface area contributed by atoms with Crippen molar-refractivity contribution in [1.29, 1.82) is 0 Å². The number of ether oxygens (including phenoxy) is 1. The smallest absolute Gasteiger partial charge is 0.128 e. The summed E-state index contributed by atoms with van der Waals surface area (Å²) in [6.45, 7) is 5.38. The SMILES string of the molecule is CC(N)c1ccc(N2CCOCC2)nc1. The van der Waals surface area contributed by atoms with E-state index < -0.39 is 0 Å².